The molecule has 0 spiro atoms. The summed E-state index contributed by atoms with van der Waals surface area (Å²) in [5.74, 6) is -0.402. The Kier molecular flexibility index (Phi) is 7.94. The number of nitrogens with zero attached hydrogens (tertiary/aromatic N) is 2. The van der Waals surface area contributed by atoms with Crippen LogP contribution in [0.1, 0.15) is 23.6 Å². The molecule has 0 saturated carbocycles. The minimum absolute atomic E-state index is 0.0302. The lowest BCUT2D eigenvalue weighted by atomic mass is 10.1. The molecule has 2 amide bonds. The van der Waals surface area contributed by atoms with Gasteiger partial charge in [0.1, 0.15) is 5.75 Å². The van der Waals surface area contributed by atoms with Gasteiger partial charge in [-0.05, 0) is 48.7 Å². The summed E-state index contributed by atoms with van der Waals surface area (Å²) in [4.78, 5) is 28.1. The zero-order valence-electron chi connectivity index (χ0n) is 21.2. The second kappa shape index (κ2) is 11.1. The standard InChI is InChI=1S/C28H31N3O5S/c1-4-30(37(34,35)26-16-20(2)14-15-21(26)3)19-27(32)31-18-25(36-24-13-9-8-12-23(24)31)28(33)29-17-22-10-6-5-7-11-22/h5-16,25H,4,17-19H2,1-3H3,(H,29,33). The second-order valence-electron chi connectivity index (χ2n) is 8.98. The van der Waals surface area contributed by atoms with E-state index in [4.69, 9.17) is 4.74 Å². The van der Waals surface area contributed by atoms with Crippen LogP contribution in [0.5, 0.6) is 5.75 Å². The first-order chi connectivity index (χ1) is 17.7. The molecule has 0 aromatic heterocycles. The number of aryl methyl sites for hydroxylation is 2. The summed E-state index contributed by atoms with van der Waals surface area (Å²) < 4.78 is 34.0. The van der Waals surface area contributed by atoms with Gasteiger partial charge in [-0.15, -0.1) is 0 Å². The van der Waals surface area contributed by atoms with Crippen LogP contribution in [-0.4, -0.2) is 50.3 Å². The average molecular weight is 522 g/mol. The van der Waals surface area contributed by atoms with Gasteiger partial charge in [0.2, 0.25) is 15.9 Å². The number of fused-ring (bicyclic) bond motifs is 1. The monoisotopic (exact) mass is 521 g/mol. The van der Waals surface area contributed by atoms with Gasteiger partial charge in [0.25, 0.3) is 5.91 Å². The molecule has 4 rings (SSSR count). The van der Waals surface area contributed by atoms with E-state index in [-0.39, 0.29) is 30.4 Å². The van der Waals surface area contributed by atoms with Gasteiger partial charge >= 0.3 is 0 Å². The van der Waals surface area contributed by atoms with Crippen LogP contribution in [0.3, 0.4) is 0 Å². The summed E-state index contributed by atoms with van der Waals surface area (Å²) in [6.45, 7) is 5.31. The molecule has 9 heteroatoms. The molecule has 0 aliphatic carbocycles. The third-order valence-corrected chi connectivity index (χ3v) is 8.37. The van der Waals surface area contributed by atoms with Gasteiger partial charge in [-0.1, -0.05) is 61.5 Å². The zero-order valence-corrected chi connectivity index (χ0v) is 22.0. The Morgan fingerprint density at radius 3 is 2.46 bits per heavy atom. The van der Waals surface area contributed by atoms with Crippen molar-refractivity contribution in [2.24, 2.45) is 0 Å². The van der Waals surface area contributed by atoms with Crippen LogP contribution in [0.4, 0.5) is 5.69 Å². The highest BCUT2D eigenvalue weighted by Crippen LogP contribution is 2.33. The van der Waals surface area contributed by atoms with Gasteiger partial charge in [0.05, 0.1) is 23.7 Å². The zero-order chi connectivity index (χ0) is 26.6. The summed E-state index contributed by atoms with van der Waals surface area (Å²) in [7, 11) is -3.91. The molecule has 1 aliphatic rings. The molecule has 0 bridgehead atoms. The number of carbonyl (C=O) groups is 2. The number of nitrogens with one attached hydrogen (secondary N) is 1. The Bertz CT molecular complexity index is 1390. The van der Waals surface area contributed by atoms with Gasteiger partial charge in [0, 0.05) is 13.1 Å². The van der Waals surface area contributed by atoms with Crippen molar-refractivity contribution in [3.8, 4) is 5.75 Å². The Morgan fingerprint density at radius 2 is 1.73 bits per heavy atom. The highest BCUT2D eigenvalue weighted by Gasteiger charge is 2.36. The summed E-state index contributed by atoms with van der Waals surface area (Å²) in [5, 5.41) is 2.86. The molecular formula is C28H31N3O5S. The van der Waals surface area contributed by atoms with E-state index in [9.17, 15) is 18.0 Å². The van der Waals surface area contributed by atoms with Crippen molar-refractivity contribution in [2.75, 3.05) is 24.5 Å². The first-order valence-electron chi connectivity index (χ1n) is 12.2. The highest BCUT2D eigenvalue weighted by atomic mass is 32.2. The van der Waals surface area contributed by atoms with Crippen molar-refractivity contribution in [2.45, 2.75) is 38.3 Å². The minimum Gasteiger partial charge on any atom is -0.477 e. The number of carbonyl (C=O) groups excluding carboxylic acids is 2. The predicted molar refractivity (Wildman–Crippen MR) is 142 cm³/mol. The molecule has 1 atom stereocenters. The first-order valence-corrected chi connectivity index (χ1v) is 13.6. The molecule has 0 saturated heterocycles. The topological polar surface area (TPSA) is 96.0 Å². The molecule has 1 heterocycles. The molecule has 0 radical (unpaired) electrons. The van der Waals surface area contributed by atoms with E-state index in [0.717, 1.165) is 11.1 Å². The van der Waals surface area contributed by atoms with E-state index in [2.05, 4.69) is 5.32 Å². The van der Waals surface area contributed by atoms with Gasteiger partial charge in [-0.25, -0.2) is 8.42 Å². The first kappa shape index (κ1) is 26.4. The molecular weight excluding hydrogens is 490 g/mol. The van der Waals surface area contributed by atoms with Crippen LogP contribution in [0.25, 0.3) is 0 Å². The number of amides is 2. The fourth-order valence-corrected chi connectivity index (χ4v) is 5.94. The third kappa shape index (κ3) is 5.84. The maximum Gasteiger partial charge on any atom is 0.263 e. The molecule has 1 N–H and O–H groups in total. The quantitative estimate of drug-likeness (QED) is 0.490. The van der Waals surface area contributed by atoms with E-state index in [1.807, 2.05) is 43.3 Å². The summed E-state index contributed by atoms with van der Waals surface area (Å²) in [6, 6.07) is 21.7. The number of sulfonamides is 1. The van der Waals surface area contributed by atoms with Gasteiger partial charge in [-0.2, -0.15) is 4.31 Å². The van der Waals surface area contributed by atoms with E-state index in [0.29, 0.717) is 23.5 Å². The van der Waals surface area contributed by atoms with E-state index >= 15 is 0 Å². The molecule has 37 heavy (non-hydrogen) atoms. The molecule has 1 aliphatic heterocycles. The van der Waals surface area contributed by atoms with E-state index in [1.54, 1.807) is 50.2 Å². The number of hydrogen-bond acceptors (Lipinski definition) is 5. The van der Waals surface area contributed by atoms with Crippen molar-refractivity contribution in [3.63, 3.8) is 0 Å². The SMILES string of the molecule is CCN(CC(=O)N1CC(C(=O)NCc2ccccc2)Oc2ccccc21)S(=O)(=O)c1cc(C)ccc1C. The van der Waals surface area contributed by atoms with Gasteiger partial charge < -0.3 is 15.0 Å². The Hall–Kier alpha value is -3.69. The number of hydrogen-bond donors (Lipinski definition) is 1. The molecule has 194 valence electrons. The second-order valence-corrected chi connectivity index (χ2v) is 10.9. The maximum atomic E-state index is 13.5. The van der Waals surface area contributed by atoms with Crippen LogP contribution >= 0.6 is 0 Å². The number of likely N-dealkylation sites (N-methyl/N-ethyl adjacent to an activating group) is 1. The molecule has 8 nitrogen and oxygen atoms in total. The predicted octanol–water partition coefficient (Wildman–Crippen LogP) is 3.42. The highest BCUT2D eigenvalue weighted by molar-refractivity contribution is 7.89. The van der Waals surface area contributed by atoms with Crippen molar-refractivity contribution >= 4 is 27.5 Å². The van der Waals surface area contributed by atoms with Crippen molar-refractivity contribution in [3.05, 3.63) is 89.5 Å². The molecule has 1 unspecified atom stereocenters. The fourth-order valence-electron chi connectivity index (χ4n) is 4.23. The van der Waals surface area contributed by atoms with Crippen molar-refractivity contribution in [1.29, 1.82) is 0 Å². The third-order valence-electron chi connectivity index (χ3n) is 6.30. The Balaban J connectivity index is 1.54. The molecule has 0 fully saturated rings. The fraction of sp³-hybridized carbons (Fsp3) is 0.286. The number of para-hydroxylation sites is 2. The summed E-state index contributed by atoms with van der Waals surface area (Å²) >= 11 is 0. The lowest BCUT2D eigenvalue weighted by Gasteiger charge is -2.35. The van der Waals surface area contributed by atoms with Crippen molar-refractivity contribution in [1.82, 2.24) is 9.62 Å². The van der Waals surface area contributed by atoms with Crippen LogP contribution in [-0.2, 0) is 26.2 Å². The van der Waals surface area contributed by atoms with Gasteiger partial charge in [-0.3, -0.25) is 9.59 Å². The van der Waals surface area contributed by atoms with Crippen LogP contribution in [0.2, 0.25) is 0 Å². The van der Waals surface area contributed by atoms with Crippen LogP contribution in [0.15, 0.2) is 77.7 Å². The van der Waals surface area contributed by atoms with E-state index in [1.165, 1.54) is 9.21 Å². The smallest absolute Gasteiger partial charge is 0.263 e. The van der Waals surface area contributed by atoms with Crippen LogP contribution in [0, 0.1) is 13.8 Å². The van der Waals surface area contributed by atoms with Crippen LogP contribution < -0.4 is 15.0 Å². The summed E-state index contributed by atoms with van der Waals surface area (Å²) in [6.07, 6.45) is -0.937. The average Bonchev–Trinajstić information content (AvgIpc) is 2.91. The van der Waals surface area contributed by atoms with Crippen molar-refractivity contribution < 1.29 is 22.7 Å². The number of ether oxygens (including phenoxy) is 1. The number of rotatable bonds is 8. The maximum absolute atomic E-state index is 13.5. The van der Waals surface area contributed by atoms with E-state index < -0.39 is 22.0 Å². The minimum atomic E-state index is -3.91. The summed E-state index contributed by atoms with van der Waals surface area (Å²) in [5.41, 5.74) is 2.87. The number of anilines is 1. The Labute approximate surface area is 217 Å². The molecule has 3 aromatic rings. The lowest BCUT2D eigenvalue weighted by Crippen LogP contribution is -2.53. The Morgan fingerprint density at radius 1 is 1.03 bits per heavy atom. The number of benzene rings is 3. The lowest BCUT2D eigenvalue weighted by molar-refractivity contribution is -0.128. The normalized spacial score (nSPS) is 15.1. The largest absolute Gasteiger partial charge is 0.477 e. The molecule has 3 aromatic carbocycles. The van der Waals surface area contributed by atoms with Gasteiger partial charge in [0.15, 0.2) is 6.10 Å².